The zero-order valence-electron chi connectivity index (χ0n) is 11.7. The van der Waals surface area contributed by atoms with Crippen LogP contribution in [-0.4, -0.2) is 56.9 Å². The number of carbonyl (C=O) groups is 1. The van der Waals surface area contributed by atoms with Crippen molar-refractivity contribution in [1.29, 1.82) is 0 Å². The fourth-order valence-electron chi connectivity index (χ4n) is 2.66. The van der Waals surface area contributed by atoms with Gasteiger partial charge in [0.2, 0.25) is 0 Å². The number of aromatic amines is 1. The third-order valence-electron chi connectivity index (χ3n) is 3.77. The van der Waals surface area contributed by atoms with Gasteiger partial charge in [-0.1, -0.05) is 17.3 Å². The van der Waals surface area contributed by atoms with Crippen LogP contribution in [0.5, 0.6) is 0 Å². The van der Waals surface area contributed by atoms with Gasteiger partial charge in [-0.3, -0.25) is 9.59 Å². The van der Waals surface area contributed by atoms with E-state index in [1.807, 2.05) is 18.2 Å². The topological polar surface area (TPSA) is 92.6 Å². The van der Waals surface area contributed by atoms with E-state index in [0.717, 1.165) is 0 Å². The molecule has 1 fully saturated rings. The summed E-state index contributed by atoms with van der Waals surface area (Å²) in [7, 11) is 0. The molecule has 1 aliphatic rings. The van der Waals surface area contributed by atoms with Crippen LogP contribution < -0.4 is 5.56 Å². The SMILES string of the molecule is O=C(c1nnn2c1c(=O)[nH]c1ccccc12)N1CCOCC1. The summed E-state index contributed by atoms with van der Waals surface area (Å²) in [5.41, 5.74) is 1.23. The van der Waals surface area contributed by atoms with E-state index in [1.54, 1.807) is 11.0 Å². The summed E-state index contributed by atoms with van der Waals surface area (Å²) in [6, 6.07) is 7.25. The second kappa shape index (κ2) is 4.92. The van der Waals surface area contributed by atoms with E-state index in [0.29, 0.717) is 37.3 Å². The number of nitrogens with one attached hydrogen (secondary N) is 1. The molecule has 1 amide bonds. The Balaban J connectivity index is 1.90. The molecular weight excluding hydrogens is 286 g/mol. The molecule has 1 aliphatic heterocycles. The van der Waals surface area contributed by atoms with E-state index in [-0.39, 0.29) is 22.7 Å². The smallest absolute Gasteiger partial charge is 0.277 e. The van der Waals surface area contributed by atoms with Crippen LogP contribution in [0.2, 0.25) is 0 Å². The Hall–Kier alpha value is -2.74. The molecule has 1 aromatic carbocycles. The molecule has 0 atom stereocenters. The van der Waals surface area contributed by atoms with Gasteiger partial charge in [0.05, 0.1) is 24.2 Å². The Morgan fingerprint density at radius 2 is 2.00 bits per heavy atom. The van der Waals surface area contributed by atoms with Crippen molar-refractivity contribution in [2.45, 2.75) is 0 Å². The molecule has 0 aliphatic carbocycles. The zero-order valence-corrected chi connectivity index (χ0v) is 11.7. The maximum Gasteiger partial charge on any atom is 0.277 e. The summed E-state index contributed by atoms with van der Waals surface area (Å²) >= 11 is 0. The number of nitrogens with zero attached hydrogens (tertiary/aromatic N) is 4. The van der Waals surface area contributed by atoms with Gasteiger partial charge in [-0.15, -0.1) is 5.10 Å². The molecular formula is C14H13N5O3. The van der Waals surface area contributed by atoms with Crippen LogP contribution in [0.15, 0.2) is 29.1 Å². The van der Waals surface area contributed by atoms with Gasteiger partial charge in [0.1, 0.15) is 0 Å². The molecule has 1 saturated heterocycles. The molecule has 0 radical (unpaired) electrons. The number of rotatable bonds is 1. The first-order chi connectivity index (χ1) is 10.8. The first-order valence-corrected chi connectivity index (χ1v) is 6.99. The van der Waals surface area contributed by atoms with E-state index in [1.165, 1.54) is 4.52 Å². The van der Waals surface area contributed by atoms with Gasteiger partial charge < -0.3 is 14.6 Å². The highest BCUT2D eigenvalue weighted by atomic mass is 16.5. The first kappa shape index (κ1) is 13.0. The van der Waals surface area contributed by atoms with Gasteiger partial charge >= 0.3 is 0 Å². The van der Waals surface area contributed by atoms with E-state index in [4.69, 9.17) is 4.74 Å². The van der Waals surface area contributed by atoms with Crippen molar-refractivity contribution < 1.29 is 9.53 Å². The summed E-state index contributed by atoms with van der Waals surface area (Å²) in [6.07, 6.45) is 0. The molecule has 112 valence electrons. The van der Waals surface area contributed by atoms with E-state index < -0.39 is 0 Å². The lowest BCUT2D eigenvalue weighted by atomic mass is 10.2. The first-order valence-electron chi connectivity index (χ1n) is 6.99. The van der Waals surface area contributed by atoms with Crippen LogP contribution in [0, 0.1) is 0 Å². The summed E-state index contributed by atoms with van der Waals surface area (Å²) in [5.74, 6) is -0.293. The molecule has 0 saturated carbocycles. The minimum absolute atomic E-state index is 0.0777. The van der Waals surface area contributed by atoms with Crippen molar-refractivity contribution >= 4 is 22.5 Å². The molecule has 0 bridgehead atoms. The number of morpholine rings is 1. The molecule has 0 spiro atoms. The third kappa shape index (κ3) is 1.88. The van der Waals surface area contributed by atoms with Crippen LogP contribution >= 0.6 is 0 Å². The van der Waals surface area contributed by atoms with Crippen molar-refractivity contribution in [2.24, 2.45) is 0 Å². The summed E-state index contributed by atoms with van der Waals surface area (Å²) in [6.45, 7) is 1.96. The highest BCUT2D eigenvalue weighted by Gasteiger charge is 2.25. The predicted molar refractivity (Wildman–Crippen MR) is 77.8 cm³/mol. The minimum Gasteiger partial charge on any atom is -0.378 e. The van der Waals surface area contributed by atoms with Crippen LogP contribution in [0.4, 0.5) is 0 Å². The van der Waals surface area contributed by atoms with Crippen LogP contribution in [0.25, 0.3) is 16.6 Å². The molecule has 0 unspecified atom stereocenters. The molecule has 4 rings (SSSR count). The van der Waals surface area contributed by atoms with Crippen molar-refractivity contribution in [3.63, 3.8) is 0 Å². The zero-order chi connectivity index (χ0) is 15.1. The normalized spacial score (nSPS) is 15.5. The Labute approximate surface area is 124 Å². The maximum atomic E-state index is 12.6. The Morgan fingerprint density at radius 3 is 2.82 bits per heavy atom. The van der Waals surface area contributed by atoms with E-state index >= 15 is 0 Å². The number of para-hydroxylation sites is 2. The molecule has 1 N–H and O–H groups in total. The predicted octanol–water partition coefficient (Wildman–Crippen LogP) is 0.0432. The summed E-state index contributed by atoms with van der Waals surface area (Å²) in [5, 5.41) is 7.93. The average molecular weight is 299 g/mol. The molecule has 8 heteroatoms. The molecule has 8 nitrogen and oxygen atoms in total. The standard InChI is InChI=1S/C14H13N5O3/c20-13-12-11(14(21)18-5-7-22-8-6-18)16-17-19(12)10-4-2-1-3-9(10)15-13/h1-4H,5-8H2,(H,15,20). The lowest BCUT2D eigenvalue weighted by Crippen LogP contribution is -2.41. The second-order valence-electron chi connectivity index (χ2n) is 5.07. The third-order valence-corrected chi connectivity index (χ3v) is 3.77. The number of benzene rings is 1. The fourth-order valence-corrected chi connectivity index (χ4v) is 2.66. The number of fused-ring (bicyclic) bond motifs is 3. The van der Waals surface area contributed by atoms with E-state index in [9.17, 15) is 9.59 Å². The average Bonchev–Trinajstić information content (AvgIpc) is 3.01. The van der Waals surface area contributed by atoms with Gasteiger partial charge in [-0.25, -0.2) is 4.52 Å². The number of amides is 1. The number of hydrogen-bond acceptors (Lipinski definition) is 5. The number of H-pyrrole nitrogens is 1. The van der Waals surface area contributed by atoms with Crippen molar-refractivity contribution in [3.05, 3.63) is 40.3 Å². The summed E-state index contributed by atoms with van der Waals surface area (Å²) < 4.78 is 6.65. The monoisotopic (exact) mass is 299 g/mol. The van der Waals surface area contributed by atoms with Crippen LogP contribution in [0.3, 0.4) is 0 Å². The van der Waals surface area contributed by atoms with Crippen molar-refractivity contribution in [2.75, 3.05) is 26.3 Å². The number of carbonyl (C=O) groups excluding carboxylic acids is 1. The highest BCUT2D eigenvalue weighted by Crippen LogP contribution is 2.14. The minimum atomic E-state index is -0.375. The lowest BCUT2D eigenvalue weighted by molar-refractivity contribution is 0.0300. The van der Waals surface area contributed by atoms with Crippen molar-refractivity contribution in [3.8, 4) is 0 Å². The number of ether oxygens (including phenoxy) is 1. The quantitative estimate of drug-likeness (QED) is 0.685. The van der Waals surface area contributed by atoms with Gasteiger partial charge in [0.25, 0.3) is 11.5 Å². The fraction of sp³-hybridized carbons (Fsp3) is 0.286. The Morgan fingerprint density at radius 1 is 1.23 bits per heavy atom. The highest BCUT2D eigenvalue weighted by molar-refractivity contribution is 5.99. The van der Waals surface area contributed by atoms with Gasteiger partial charge in [0, 0.05) is 13.1 Å². The molecule has 22 heavy (non-hydrogen) atoms. The van der Waals surface area contributed by atoms with Crippen LogP contribution in [-0.2, 0) is 4.74 Å². The van der Waals surface area contributed by atoms with Crippen LogP contribution in [0.1, 0.15) is 10.5 Å². The lowest BCUT2D eigenvalue weighted by Gasteiger charge is -2.25. The largest absolute Gasteiger partial charge is 0.378 e. The number of aromatic nitrogens is 4. The number of hydrogen-bond donors (Lipinski definition) is 1. The van der Waals surface area contributed by atoms with Gasteiger partial charge in [-0.2, -0.15) is 0 Å². The Kier molecular flexibility index (Phi) is 2.90. The van der Waals surface area contributed by atoms with Gasteiger partial charge in [0.15, 0.2) is 11.2 Å². The molecule has 2 aromatic heterocycles. The van der Waals surface area contributed by atoms with Gasteiger partial charge in [-0.05, 0) is 12.1 Å². The molecule has 3 aromatic rings. The summed E-state index contributed by atoms with van der Waals surface area (Å²) in [4.78, 5) is 29.3. The Bertz CT molecular complexity index is 923. The molecule has 3 heterocycles. The van der Waals surface area contributed by atoms with E-state index in [2.05, 4.69) is 15.3 Å². The second-order valence-corrected chi connectivity index (χ2v) is 5.07. The van der Waals surface area contributed by atoms with Crippen molar-refractivity contribution in [1.82, 2.24) is 24.7 Å². The maximum absolute atomic E-state index is 12.6.